The molecule has 3 heteroatoms. The number of ether oxygens (including phenoxy) is 1. The van der Waals surface area contributed by atoms with Crippen LogP contribution in [0, 0.1) is 11.7 Å². The molecule has 0 aliphatic carbocycles. The van der Waals surface area contributed by atoms with E-state index >= 15 is 0 Å². The van der Waals surface area contributed by atoms with Crippen molar-refractivity contribution >= 4 is 15.9 Å². The zero-order chi connectivity index (χ0) is 12.1. The summed E-state index contributed by atoms with van der Waals surface area (Å²) in [5.41, 5.74) is 1.05. The van der Waals surface area contributed by atoms with Crippen molar-refractivity contribution in [2.75, 3.05) is 12.4 Å². The van der Waals surface area contributed by atoms with E-state index < -0.39 is 0 Å². The van der Waals surface area contributed by atoms with Crippen LogP contribution in [0.2, 0.25) is 0 Å². The number of benzene rings is 1. The zero-order valence-corrected chi connectivity index (χ0v) is 11.6. The van der Waals surface area contributed by atoms with E-state index in [-0.39, 0.29) is 5.82 Å². The SMILES string of the molecule is COc1ccc(C(CCBr)C(C)C)cc1F. The average Bonchev–Trinajstić information content (AvgIpc) is 2.25. The van der Waals surface area contributed by atoms with E-state index in [0.29, 0.717) is 17.6 Å². The van der Waals surface area contributed by atoms with Crippen molar-refractivity contribution in [2.45, 2.75) is 26.2 Å². The van der Waals surface area contributed by atoms with Crippen LogP contribution in [-0.4, -0.2) is 12.4 Å². The van der Waals surface area contributed by atoms with Crippen LogP contribution in [0.25, 0.3) is 0 Å². The van der Waals surface area contributed by atoms with E-state index in [4.69, 9.17) is 4.74 Å². The number of hydrogen-bond donors (Lipinski definition) is 0. The highest BCUT2D eigenvalue weighted by Gasteiger charge is 2.16. The van der Waals surface area contributed by atoms with Gasteiger partial charge in [-0.25, -0.2) is 4.39 Å². The molecular weight excluding hydrogens is 271 g/mol. The molecule has 0 aliphatic rings. The van der Waals surface area contributed by atoms with Gasteiger partial charge in [0.25, 0.3) is 0 Å². The van der Waals surface area contributed by atoms with Crippen molar-refractivity contribution in [3.8, 4) is 5.75 Å². The van der Waals surface area contributed by atoms with Gasteiger partial charge in [0.1, 0.15) is 0 Å². The Hall–Kier alpha value is -0.570. The fourth-order valence-electron chi connectivity index (χ4n) is 1.92. The maximum atomic E-state index is 13.6. The molecule has 0 fully saturated rings. The Morgan fingerprint density at radius 2 is 2.06 bits per heavy atom. The van der Waals surface area contributed by atoms with Crippen molar-refractivity contribution in [2.24, 2.45) is 5.92 Å². The Balaban J connectivity index is 2.97. The monoisotopic (exact) mass is 288 g/mol. The Bertz CT molecular complexity index is 339. The normalized spacial score (nSPS) is 12.9. The second-order valence-corrected chi connectivity index (χ2v) is 5.02. The van der Waals surface area contributed by atoms with Gasteiger partial charge in [-0.05, 0) is 36.0 Å². The summed E-state index contributed by atoms with van der Waals surface area (Å²) in [6.07, 6.45) is 1.02. The van der Waals surface area contributed by atoms with Crippen molar-refractivity contribution in [1.29, 1.82) is 0 Å². The minimum absolute atomic E-state index is 0.278. The van der Waals surface area contributed by atoms with E-state index in [1.165, 1.54) is 7.11 Å². The minimum Gasteiger partial charge on any atom is -0.494 e. The van der Waals surface area contributed by atoms with Gasteiger partial charge in [-0.2, -0.15) is 0 Å². The molecule has 0 saturated heterocycles. The molecule has 0 aliphatic heterocycles. The smallest absolute Gasteiger partial charge is 0.165 e. The van der Waals surface area contributed by atoms with Gasteiger partial charge < -0.3 is 4.74 Å². The first-order valence-electron chi connectivity index (χ1n) is 5.49. The molecule has 0 aromatic heterocycles. The second kappa shape index (κ2) is 6.24. The predicted molar refractivity (Wildman–Crippen MR) is 68.9 cm³/mol. The van der Waals surface area contributed by atoms with Gasteiger partial charge >= 0.3 is 0 Å². The lowest BCUT2D eigenvalue weighted by molar-refractivity contribution is 0.385. The molecule has 0 radical (unpaired) electrons. The van der Waals surface area contributed by atoms with E-state index in [0.717, 1.165) is 17.3 Å². The minimum atomic E-state index is -0.278. The number of halogens is 2. The molecule has 1 nitrogen and oxygen atoms in total. The van der Waals surface area contributed by atoms with Gasteiger partial charge in [0.2, 0.25) is 0 Å². The summed E-state index contributed by atoms with van der Waals surface area (Å²) < 4.78 is 18.5. The first-order chi connectivity index (χ1) is 7.60. The van der Waals surface area contributed by atoms with Crippen molar-refractivity contribution < 1.29 is 9.13 Å². The van der Waals surface area contributed by atoms with Gasteiger partial charge in [-0.1, -0.05) is 35.8 Å². The highest BCUT2D eigenvalue weighted by Crippen LogP contribution is 2.31. The topological polar surface area (TPSA) is 9.23 Å². The van der Waals surface area contributed by atoms with E-state index in [1.807, 2.05) is 6.07 Å². The Morgan fingerprint density at radius 3 is 2.50 bits per heavy atom. The Kier molecular flexibility index (Phi) is 5.26. The van der Waals surface area contributed by atoms with Gasteiger partial charge in [0, 0.05) is 5.33 Å². The van der Waals surface area contributed by atoms with Crippen LogP contribution in [-0.2, 0) is 0 Å². The summed E-state index contributed by atoms with van der Waals surface area (Å²) in [6, 6.07) is 5.25. The van der Waals surface area contributed by atoms with Gasteiger partial charge in [-0.15, -0.1) is 0 Å². The summed E-state index contributed by atoms with van der Waals surface area (Å²) in [6.45, 7) is 4.32. The van der Waals surface area contributed by atoms with Crippen molar-refractivity contribution in [3.63, 3.8) is 0 Å². The molecule has 0 bridgehead atoms. The maximum absolute atomic E-state index is 13.6. The lowest BCUT2D eigenvalue weighted by Crippen LogP contribution is -2.08. The molecule has 1 atom stereocenters. The van der Waals surface area contributed by atoms with Crippen LogP contribution in [0.3, 0.4) is 0 Å². The molecule has 1 aromatic rings. The molecule has 0 saturated carbocycles. The first-order valence-corrected chi connectivity index (χ1v) is 6.61. The van der Waals surface area contributed by atoms with Crippen LogP contribution in [0.5, 0.6) is 5.75 Å². The molecular formula is C13H18BrFO. The third-order valence-electron chi connectivity index (χ3n) is 2.83. The van der Waals surface area contributed by atoms with E-state index in [2.05, 4.69) is 29.8 Å². The zero-order valence-electron chi connectivity index (χ0n) is 9.97. The Morgan fingerprint density at radius 1 is 1.38 bits per heavy atom. The van der Waals surface area contributed by atoms with Crippen LogP contribution >= 0.6 is 15.9 Å². The summed E-state index contributed by atoms with van der Waals surface area (Å²) in [5.74, 6) is 0.926. The highest BCUT2D eigenvalue weighted by molar-refractivity contribution is 9.09. The lowest BCUT2D eigenvalue weighted by Gasteiger charge is -2.20. The molecule has 16 heavy (non-hydrogen) atoms. The molecule has 1 aromatic carbocycles. The van der Waals surface area contributed by atoms with E-state index in [1.54, 1.807) is 12.1 Å². The van der Waals surface area contributed by atoms with Crippen molar-refractivity contribution in [1.82, 2.24) is 0 Å². The third-order valence-corrected chi connectivity index (χ3v) is 3.29. The largest absolute Gasteiger partial charge is 0.494 e. The summed E-state index contributed by atoms with van der Waals surface area (Å²) >= 11 is 3.44. The number of rotatable bonds is 5. The third kappa shape index (κ3) is 3.21. The molecule has 0 N–H and O–H groups in total. The summed E-state index contributed by atoms with van der Waals surface area (Å²) in [4.78, 5) is 0. The van der Waals surface area contributed by atoms with Gasteiger partial charge in [0.05, 0.1) is 7.11 Å². The standard InChI is InChI=1S/C13H18BrFO/c1-9(2)11(6-7-14)10-4-5-13(16-3)12(15)8-10/h4-5,8-9,11H,6-7H2,1-3H3. The number of methoxy groups -OCH3 is 1. The van der Waals surface area contributed by atoms with Crippen LogP contribution in [0.4, 0.5) is 4.39 Å². The van der Waals surface area contributed by atoms with Crippen LogP contribution < -0.4 is 4.74 Å². The molecule has 1 unspecified atom stereocenters. The number of alkyl halides is 1. The molecule has 1 rings (SSSR count). The fourth-order valence-corrected chi connectivity index (χ4v) is 2.41. The molecule has 90 valence electrons. The quantitative estimate of drug-likeness (QED) is 0.732. The first kappa shape index (κ1) is 13.5. The van der Waals surface area contributed by atoms with Crippen LogP contribution in [0.15, 0.2) is 18.2 Å². The maximum Gasteiger partial charge on any atom is 0.165 e. The van der Waals surface area contributed by atoms with Crippen molar-refractivity contribution in [3.05, 3.63) is 29.6 Å². The summed E-state index contributed by atoms with van der Waals surface area (Å²) in [7, 11) is 1.48. The summed E-state index contributed by atoms with van der Waals surface area (Å²) in [5, 5.41) is 0.934. The van der Waals surface area contributed by atoms with Gasteiger partial charge in [-0.3, -0.25) is 0 Å². The van der Waals surface area contributed by atoms with E-state index in [9.17, 15) is 4.39 Å². The van der Waals surface area contributed by atoms with Gasteiger partial charge in [0.15, 0.2) is 11.6 Å². The number of hydrogen-bond acceptors (Lipinski definition) is 1. The lowest BCUT2D eigenvalue weighted by atomic mass is 9.86. The van der Waals surface area contributed by atoms with Crippen LogP contribution in [0.1, 0.15) is 31.7 Å². The predicted octanol–water partition coefficient (Wildman–Crippen LogP) is 4.36. The highest BCUT2D eigenvalue weighted by atomic mass is 79.9. The Labute approximate surface area is 105 Å². The molecule has 0 heterocycles. The second-order valence-electron chi connectivity index (χ2n) is 4.22. The average molecular weight is 289 g/mol. The molecule has 0 amide bonds. The molecule has 0 spiro atoms. The fraction of sp³-hybridized carbons (Fsp3) is 0.538.